The average molecular weight is 298 g/mol. The molecule has 0 saturated heterocycles. The maximum absolute atomic E-state index is 11.5. The Kier molecular flexibility index (Phi) is 3.92. The van der Waals surface area contributed by atoms with E-state index in [1.165, 1.54) is 11.3 Å². The van der Waals surface area contributed by atoms with Gasteiger partial charge in [0.1, 0.15) is 5.01 Å². The maximum atomic E-state index is 11.5. The molecule has 0 aliphatic carbocycles. The Morgan fingerprint density at radius 1 is 1.29 bits per heavy atom. The summed E-state index contributed by atoms with van der Waals surface area (Å²) in [6.45, 7) is 2.19. The van der Waals surface area contributed by atoms with Crippen molar-refractivity contribution in [3.63, 3.8) is 0 Å². The highest BCUT2D eigenvalue weighted by atomic mass is 32.1. The Bertz CT molecular complexity index is 777. The largest absolute Gasteiger partial charge is 0.466 e. The second kappa shape index (κ2) is 6.01. The van der Waals surface area contributed by atoms with Crippen molar-refractivity contribution in [2.24, 2.45) is 0 Å². The van der Waals surface area contributed by atoms with Crippen LogP contribution in [0.3, 0.4) is 0 Å². The normalized spacial score (nSPS) is 10.7. The van der Waals surface area contributed by atoms with E-state index in [2.05, 4.69) is 9.97 Å². The third kappa shape index (κ3) is 2.92. The summed E-state index contributed by atoms with van der Waals surface area (Å²) in [6, 6.07) is 9.96. The second-order valence-electron chi connectivity index (χ2n) is 4.51. The number of fused-ring (bicyclic) bond motifs is 1. The van der Waals surface area contributed by atoms with E-state index in [-0.39, 0.29) is 12.4 Å². The minimum absolute atomic E-state index is 0.211. The predicted molar refractivity (Wildman–Crippen MR) is 83.2 cm³/mol. The molecule has 21 heavy (non-hydrogen) atoms. The first kappa shape index (κ1) is 13.7. The third-order valence-electron chi connectivity index (χ3n) is 3.05. The number of hydrogen-bond donors (Lipinski definition) is 0. The van der Waals surface area contributed by atoms with Crippen LogP contribution in [0.5, 0.6) is 0 Å². The van der Waals surface area contributed by atoms with Crippen LogP contribution in [0.2, 0.25) is 0 Å². The fourth-order valence-corrected chi connectivity index (χ4v) is 2.99. The SMILES string of the molecule is CCOC(=O)Cc1csc(-c2cccc3cccnc23)n1. The van der Waals surface area contributed by atoms with Crippen LogP contribution in [0.1, 0.15) is 12.6 Å². The monoisotopic (exact) mass is 298 g/mol. The van der Waals surface area contributed by atoms with Gasteiger partial charge in [-0.15, -0.1) is 11.3 Å². The first-order valence-electron chi connectivity index (χ1n) is 6.72. The van der Waals surface area contributed by atoms with Crippen LogP contribution in [-0.2, 0) is 16.0 Å². The molecule has 0 fully saturated rings. The standard InChI is InChI=1S/C16H14N2O2S/c1-2-20-14(19)9-12-10-21-16(18-12)13-7-3-5-11-6-4-8-17-15(11)13/h3-8,10H,2,9H2,1H3. The highest BCUT2D eigenvalue weighted by Gasteiger charge is 2.12. The van der Waals surface area contributed by atoms with Crippen LogP contribution >= 0.6 is 11.3 Å². The van der Waals surface area contributed by atoms with Crippen LogP contribution in [0.25, 0.3) is 21.5 Å². The summed E-state index contributed by atoms with van der Waals surface area (Å²) in [5, 5.41) is 3.85. The summed E-state index contributed by atoms with van der Waals surface area (Å²) in [5.41, 5.74) is 2.66. The topological polar surface area (TPSA) is 52.1 Å². The van der Waals surface area contributed by atoms with Crippen LogP contribution in [0, 0.1) is 0 Å². The Balaban J connectivity index is 1.93. The number of esters is 1. The fourth-order valence-electron chi connectivity index (χ4n) is 2.15. The second-order valence-corrected chi connectivity index (χ2v) is 5.36. The summed E-state index contributed by atoms with van der Waals surface area (Å²) in [5.74, 6) is -0.245. The van der Waals surface area contributed by atoms with Crippen molar-refractivity contribution in [2.45, 2.75) is 13.3 Å². The van der Waals surface area contributed by atoms with E-state index in [0.29, 0.717) is 6.61 Å². The molecular formula is C16H14N2O2S. The van der Waals surface area contributed by atoms with Crippen LogP contribution in [-0.4, -0.2) is 22.5 Å². The molecule has 106 valence electrons. The summed E-state index contributed by atoms with van der Waals surface area (Å²) in [4.78, 5) is 20.5. The molecule has 1 aromatic carbocycles. The zero-order valence-electron chi connectivity index (χ0n) is 11.6. The lowest BCUT2D eigenvalue weighted by Crippen LogP contribution is -2.07. The highest BCUT2D eigenvalue weighted by Crippen LogP contribution is 2.29. The van der Waals surface area contributed by atoms with Gasteiger partial charge in [0.2, 0.25) is 0 Å². The fraction of sp³-hybridized carbons (Fsp3) is 0.188. The Hall–Kier alpha value is -2.27. The number of hydrogen-bond acceptors (Lipinski definition) is 5. The maximum Gasteiger partial charge on any atom is 0.311 e. The smallest absolute Gasteiger partial charge is 0.311 e. The molecule has 0 bridgehead atoms. The minimum Gasteiger partial charge on any atom is -0.466 e. The molecule has 4 nitrogen and oxygen atoms in total. The van der Waals surface area contributed by atoms with Crippen molar-refractivity contribution in [1.29, 1.82) is 0 Å². The molecule has 2 heterocycles. The lowest BCUT2D eigenvalue weighted by atomic mass is 10.1. The Morgan fingerprint density at radius 3 is 3.00 bits per heavy atom. The quantitative estimate of drug-likeness (QED) is 0.692. The lowest BCUT2D eigenvalue weighted by Gasteiger charge is -2.02. The lowest BCUT2D eigenvalue weighted by molar-refractivity contribution is -0.142. The number of ether oxygens (including phenoxy) is 1. The number of carbonyl (C=O) groups is 1. The molecule has 5 heteroatoms. The van der Waals surface area contributed by atoms with E-state index in [0.717, 1.165) is 27.2 Å². The number of pyridine rings is 1. The average Bonchev–Trinajstić information content (AvgIpc) is 2.95. The van der Waals surface area contributed by atoms with Gasteiger partial charge < -0.3 is 4.74 Å². The molecule has 0 amide bonds. The van der Waals surface area contributed by atoms with Gasteiger partial charge in [0.15, 0.2) is 0 Å². The Morgan fingerprint density at radius 2 is 2.14 bits per heavy atom. The number of para-hydroxylation sites is 1. The number of aromatic nitrogens is 2. The van der Waals surface area contributed by atoms with E-state index in [4.69, 9.17) is 4.74 Å². The van der Waals surface area contributed by atoms with Crippen LogP contribution in [0.15, 0.2) is 41.9 Å². The number of benzene rings is 1. The molecule has 0 radical (unpaired) electrons. The molecule has 3 aromatic rings. The van der Waals surface area contributed by atoms with Gasteiger partial charge in [-0.1, -0.05) is 18.2 Å². The molecule has 0 N–H and O–H groups in total. The van der Waals surface area contributed by atoms with Gasteiger partial charge in [-0.05, 0) is 19.1 Å². The van der Waals surface area contributed by atoms with Crippen molar-refractivity contribution in [2.75, 3.05) is 6.61 Å². The van der Waals surface area contributed by atoms with Crippen molar-refractivity contribution in [3.8, 4) is 10.6 Å². The van der Waals surface area contributed by atoms with Gasteiger partial charge in [0.05, 0.1) is 24.2 Å². The number of rotatable bonds is 4. The predicted octanol–water partition coefficient (Wildman–Crippen LogP) is 3.46. The molecule has 0 unspecified atom stereocenters. The van der Waals surface area contributed by atoms with Crippen molar-refractivity contribution < 1.29 is 9.53 Å². The first-order valence-corrected chi connectivity index (χ1v) is 7.60. The van der Waals surface area contributed by atoms with Gasteiger partial charge in [0.25, 0.3) is 0 Å². The summed E-state index contributed by atoms with van der Waals surface area (Å²) in [6.07, 6.45) is 1.99. The summed E-state index contributed by atoms with van der Waals surface area (Å²) < 4.78 is 4.94. The van der Waals surface area contributed by atoms with Gasteiger partial charge >= 0.3 is 5.97 Å². The van der Waals surface area contributed by atoms with E-state index < -0.39 is 0 Å². The van der Waals surface area contributed by atoms with Crippen LogP contribution in [0.4, 0.5) is 0 Å². The molecule has 0 aliphatic heterocycles. The van der Waals surface area contributed by atoms with Crippen molar-refractivity contribution >= 4 is 28.2 Å². The number of carbonyl (C=O) groups excluding carboxylic acids is 1. The van der Waals surface area contributed by atoms with Gasteiger partial charge in [-0.25, -0.2) is 4.98 Å². The van der Waals surface area contributed by atoms with Gasteiger partial charge in [0, 0.05) is 22.5 Å². The molecule has 0 atom stereocenters. The highest BCUT2D eigenvalue weighted by molar-refractivity contribution is 7.13. The van der Waals surface area contributed by atoms with Gasteiger partial charge in [-0.2, -0.15) is 0 Å². The number of nitrogens with zero attached hydrogens (tertiary/aromatic N) is 2. The first-order chi connectivity index (χ1) is 10.3. The van der Waals surface area contributed by atoms with Crippen molar-refractivity contribution in [1.82, 2.24) is 9.97 Å². The van der Waals surface area contributed by atoms with Crippen LogP contribution < -0.4 is 0 Å². The van der Waals surface area contributed by atoms with E-state index >= 15 is 0 Å². The molecule has 2 aromatic heterocycles. The summed E-state index contributed by atoms with van der Waals surface area (Å²) in [7, 11) is 0. The molecule has 0 aliphatic rings. The zero-order chi connectivity index (χ0) is 14.7. The third-order valence-corrected chi connectivity index (χ3v) is 3.97. The molecule has 0 saturated carbocycles. The molecular weight excluding hydrogens is 284 g/mol. The van der Waals surface area contributed by atoms with Gasteiger partial charge in [-0.3, -0.25) is 9.78 Å². The van der Waals surface area contributed by atoms with E-state index in [1.54, 1.807) is 13.1 Å². The van der Waals surface area contributed by atoms with E-state index in [1.807, 2.05) is 35.7 Å². The molecule has 0 spiro atoms. The van der Waals surface area contributed by atoms with Crippen molar-refractivity contribution in [3.05, 3.63) is 47.6 Å². The Labute approximate surface area is 126 Å². The molecule has 3 rings (SSSR count). The zero-order valence-corrected chi connectivity index (χ0v) is 12.4. The minimum atomic E-state index is -0.245. The summed E-state index contributed by atoms with van der Waals surface area (Å²) >= 11 is 1.52. The number of thiazole rings is 1. The van der Waals surface area contributed by atoms with E-state index in [9.17, 15) is 4.79 Å².